The van der Waals surface area contributed by atoms with E-state index in [1.807, 2.05) is 60.8 Å². The minimum atomic E-state index is -0.313. The molecule has 6 nitrogen and oxygen atoms in total. The zero-order valence-electron chi connectivity index (χ0n) is 15.2. The fourth-order valence-electron chi connectivity index (χ4n) is 2.76. The number of hydrogen-bond acceptors (Lipinski definition) is 4. The topological polar surface area (TPSA) is 72.2 Å². The number of hydrazone groups is 1. The first-order chi connectivity index (χ1) is 14.2. The van der Waals surface area contributed by atoms with Gasteiger partial charge in [0.25, 0.3) is 5.91 Å². The van der Waals surface area contributed by atoms with Gasteiger partial charge >= 0.3 is 0 Å². The van der Waals surface area contributed by atoms with Crippen molar-refractivity contribution < 1.29 is 4.79 Å². The molecule has 4 rings (SSSR count). The number of rotatable bonds is 5. The van der Waals surface area contributed by atoms with E-state index < -0.39 is 0 Å². The first-order valence-electron chi connectivity index (χ1n) is 8.85. The lowest BCUT2D eigenvalue weighted by molar-refractivity contribution is 0.0955. The number of nitrogens with zero attached hydrogens (tertiary/aromatic N) is 4. The molecular weight excluding hydrogens is 386 g/mol. The fourth-order valence-corrected chi connectivity index (χ4v) is 2.88. The van der Waals surface area contributed by atoms with Crippen LogP contribution in [0.15, 0.2) is 90.4 Å². The molecule has 0 saturated heterocycles. The van der Waals surface area contributed by atoms with Crippen molar-refractivity contribution >= 4 is 23.7 Å². The maximum absolute atomic E-state index is 12.2. The fraction of sp³-hybridized carbons (Fsp3) is 0. The summed E-state index contributed by atoms with van der Waals surface area (Å²) in [4.78, 5) is 16.1. The van der Waals surface area contributed by atoms with Crippen molar-refractivity contribution in [3.05, 3.63) is 101 Å². The second-order valence-electron chi connectivity index (χ2n) is 6.16. The summed E-state index contributed by atoms with van der Waals surface area (Å²) in [5, 5.41) is 9.45. The Morgan fingerprint density at radius 1 is 1.00 bits per heavy atom. The number of carbonyl (C=O) groups is 1. The van der Waals surface area contributed by atoms with Gasteiger partial charge in [0, 0.05) is 40.3 Å². The van der Waals surface area contributed by atoms with Crippen molar-refractivity contribution in [3.8, 4) is 16.9 Å². The molecule has 0 fully saturated rings. The zero-order chi connectivity index (χ0) is 20.1. The average Bonchev–Trinajstić information content (AvgIpc) is 3.19. The van der Waals surface area contributed by atoms with Crippen molar-refractivity contribution in [2.45, 2.75) is 0 Å². The summed E-state index contributed by atoms with van der Waals surface area (Å²) in [5.41, 5.74) is 6.31. The number of carbonyl (C=O) groups excluding carboxylic acids is 1. The highest BCUT2D eigenvalue weighted by molar-refractivity contribution is 6.30. The second-order valence-corrected chi connectivity index (χ2v) is 6.59. The third-order valence-corrected chi connectivity index (χ3v) is 4.45. The van der Waals surface area contributed by atoms with Crippen LogP contribution in [-0.4, -0.2) is 26.9 Å². The summed E-state index contributed by atoms with van der Waals surface area (Å²) in [6, 6.07) is 20.4. The molecule has 0 atom stereocenters. The summed E-state index contributed by atoms with van der Waals surface area (Å²) in [6.45, 7) is 0. The molecule has 4 aromatic rings. The SMILES string of the molecule is O=C(N/N=C/c1cn(-c2ccccc2)nc1-c1ccc(Cl)cc1)c1ccncc1. The molecule has 0 bridgehead atoms. The number of aromatic nitrogens is 3. The van der Waals surface area contributed by atoms with Gasteiger partial charge in [-0.1, -0.05) is 41.9 Å². The Labute approximate surface area is 172 Å². The number of pyridine rings is 1. The van der Waals surface area contributed by atoms with Crippen LogP contribution in [-0.2, 0) is 0 Å². The van der Waals surface area contributed by atoms with Crippen molar-refractivity contribution in [3.63, 3.8) is 0 Å². The van der Waals surface area contributed by atoms with Gasteiger partial charge in [-0.3, -0.25) is 9.78 Å². The molecule has 0 unspecified atom stereocenters. The Kier molecular flexibility index (Phi) is 5.45. The highest BCUT2D eigenvalue weighted by Crippen LogP contribution is 2.24. The van der Waals surface area contributed by atoms with Crippen LogP contribution in [0.3, 0.4) is 0 Å². The largest absolute Gasteiger partial charge is 0.271 e. The lowest BCUT2D eigenvalue weighted by atomic mass is 10.1. The molecule has 2 heterocycles. The molecule has 0 radical (unpaired) electrons. The van der Waals surface area contributed by atoms with E-state index in [1.54, 1.807) is 35.4 Å². The standard InChI is InChI=1S/C22H16ClN5O/c23-19-8-6-16(7-9-19)21-18(15-28(27-21)20-4-2-1-3-5-20)14-25-26-22(29)17-10-12-24-13-11-17/h1-15H,(H,26,29)/b25-14+. The molecular formula is C22H16ClN5O. The second kappa shape index (κ2) is 8.50. The van der Waals surface area contributed by atoms with Crippen LogP contribution in [0.1, 0.15) is 15.9 Å². The van der Waals surface area contributed by atoms with E-state index in [2.05, 4.69) is 15.5 Å². The van der Waals surface area contributed by atoms with Crippen LogP contribution in [0, 0.1) is 0 Å². The van der Waals surface area contributed by atoms with E-state index >= 15 is 0 Å². The number of nitrogens with one attached hydrogen (secondary N) is 1. The predicted octanol–water partition coefficient (Wildman–Crippen LogP) is 4.35. The summed E-state index contributed by atoms with van der Waals surface area (Å²) >= 11 is 6.01. The Bertz CT molecular complexity index is 1140. The number of hydrogen-bond donors (Lipinski definition) is 1. The summed E-state index contributed by atoms with van der Waals surface area (Å²) in [5.74, 6) is -0.313. The summed E-state index contributed by atoms with van der Waals surface area (Å²) in [6.07, 6.45) is 6.55. The van der Waals surface area contributed by atoms with Crippen LogP contribution in [0.5, 0.6) is 0 Å². The minimum Gasteiger partial charge on any atom is -0.267 e. The molecule has 2 aromatic heterocycles. The Hall–Kier alpha value is -3.77. The van der Waals surface area contributed by atoms with E-state index in [1.165, 1.54) is 0 Å². The first kappa shape index (κ1) is 18.6. The lowest BCUT2D eigenvalue weighted by Crippen LogP contribution is -2.17. The molecule has 29 heavy (non-hydrogen) atoms. The Morgan fingerprint density at radius 2 is 1.72 bits per heavy atom. The highest BCUT2D eigenvalue weighted by Gasteiger charge is 2.11. The molecule has 7 heteroatoms. The summed E-state index contributed by atoms with van der Waals surface area (Å²) < 4.78 is 1.77. The van der Waals surface area contributed by atoms with Crippen LogP contribution in [0.25, 0.3) is 16.9 Å². The first-order valence-corrected chi connectivity index (χ1v) is 9.23. The number of para-hydroxylation sites is 1. The van der Waals surface area contributed by atoms with E-state index in [0.29, 0.717) is 10.6 Å². The molecule has 0 saturated carbocycles. The number of halogens is 1. The molecule has 0 aliphatic rings. The average molecular weight is 402 g/mol. The van der Waals surface area contributed by atoms with Crippen LogP contribution in [0.2, 0.25) is 5.02 Å². The van der Waals surface area contributed by atoms with Gasteiger partial charge in [0.05, 0.1) is 11.9 Å². The predicted molar refractivity (Wildman–Crippen MR) is 113 cm³/mol. The zero-order valence-corrected chi connectivity index (χ0v) is 16.0. The van der Waals surface area contributed by atoms with Crippen molar-refractivity contribution in [1.82, 2.24) is 20.2 Å². The van der Waals surface area contributed by atoms with Gasteiger partial charge in [-0.25, -0.2) is 10.1 Å². The Balaban J connectivity index is 1.64. The van der Waals surface area contributed by atoms with Gasteiger partial charge in [0.15, 0.2) is 0 Å². The van der Waals surface area contributed by atoms with E-state index in [4.69, 9.17) is 16.7 Å². The molecule has 0 aliphatic carbocycles. The van der Waals surface area contributed by atoms with Crippen molar-refractivity contribution in [2.24, 2.45) is 5.10 Å². The van der Waals surface area contributed by atoms with Crippen LogP contribution >= 0.6 is 11.6 Å². The highest BCUT2D eigenvalue weighted by atomic mass is 35.5. The quantitative estimate of drug-likeness (QED) is 0.399. The Morgan fingerprint density at radius 3 is 2.45 bits per heavy atom. The number of benzene rings is 2. The molecule has 2 aromatic carbocycles. The van der Waals surface area contributed by atoms with Crippen molar-refractivity contribution in [2.75, 3.05) is 0 Å². The maximum Gasteiger partial charge on any atom is 0.271 e. The maximum atomic E-state index is 12.2. The normalized spacial score (nSPS) is 10.9. The van der Waals surface area contributed by atoms with Gasteiger partial charge < -0.3 is 0 Å². The van der Waals surface area contributed by atoms with Crippen LogP contribution < -0.4 is 5.43 Å². The molecule has 1 amide bonds. The van der Waals surface area contributed by atoms with E-state index in [9.17, 15) is 4.79 Å². The molecule has 0 spiro atoms. The van der Waals surface area contributed by atoms with Crippen molar-refractivity contribution in [1.29, 1.82) is 0 Å². The third kappa shape index (κ3) is 4.39. The van der Waals surface area contributed by atoms with Gasteiger partial charge in [-0.2, -0.15) is 10.2 Å². The van der Waals surface area contributed by atoms with Crippen LogP contribution in [0.4, 0.5) is 0 Å². The van der Waals surface area contributed by atoms with Gasteiger partial charge in [0.1, 0.15) is 5.69 Å². The monoisotopic (exact) mass is 401 g/mol. The van der Waals surface area contributed by atoms with Gasteiger partial charge in [-0.05, 0) is 36.4 Å². The van der Waals surface area contributed by atoms with Gasteiger partial charge in [-0.15, -0.1) is 0 Å². The van der Waals surface area contributed by atoms with E-state index in [0.717, 1.165) is 22.5 Å². The molecule has 142 valence electrons. The van der Waals surface area contributed by atoms with Gasteiger partial charge in [0.2, 0.25) is 0 Å². The van der Waals surface area contributed by atoms with E-state index in [-0.39, 0.29) is 5.91 Å². The minimum absolute atomic E-state index is 0.313. The third-order valence-electron chi connectivity index (χ3n) is 4.19. The smallest absolute Gasteiger partial charge is 0.267 e. The summed E-state index contributed by atoms with van der Waals surface area (Å²) in [7, 11) is 0. The lowest BCUT2D eigenvalue weighted by Gasteiger charge is -2.01. The molecule has 1 N–H and O–H groups in total. The number of amides is 1. The molecule has 0 aliphatic heterocycles.